The van der Waals surface area contributed by atoms with Crippen molar-refractivity contribution < 1.29 is 13.2 Å². The zero-order valence-electron chi connectivity index (χ0n) is 13.8. The lowest BCUT2D eigenvalue weighted by Crippen LogP contribution is -2.23. The summed E-state index contributed by atoms with van der Waals surface area (Å²) in [6.07, 6.45) is 2.75. The Hall–Kier alpha value is -2.17. The van der Waals surface area contributed by atoms with Crippen LogP contribution in [0.3, 0.4) is 0 Å². The summed E-state index contributed by atoms with van der Waals surface area (Å²) >= 11 is 1.39. The number of nitriles is 1. The van der Waals surface area contributed by atoms with Gasteiger partial charge in [0.2, 0.25) is 5.91 Å². The van der Waals surface area contributed by atoms with Gasteiger partial charge in [-0.1, -0.05) is 25.1 Å². The highest BCUT2D eigenvalue weighted by Crippen LogP contribution is 2.39. The predicted molar refractivity (Wildman–Crippen MR) is 97.3 cm³/mol. The van der Waals surface area contributed by atoms with Gasteiger partial charge in [-0.2, -0.15) is 5.26 Å². The van der Waals surface area contributed by atoms with Gasteiger partial charge in [0.15, 0.2) is 9.84 Å². The van der Waals surface area contributed by atoms with E-state index in [0.29, 0.717) is 16.5 Å². The number of amides is 1. The number of nitrogens with zero attached hydrogens (tertiary/aromatic N) is 1. The van der Waals surface area contributed by atoms with Gasteiger partial charge in [-0.3, -0.25) is 4.79 Å². The Bertz CT molecular complexity index is 941. The van der Waals surface area contributed by atoms with E-state index in [1.54, 1.807) is 18.2 Å². The van der Waals surface area contributed by atoms with Crippen molar-refractivity contribution in [3.63, 3.8) is 0 Å². The number of anilines is 1. The molecule has 25 heavy (non-hydrogen) atoms. The molecule has 0 unspecified atom stereocenters. The van der Waals surface area contributed by atoms with Crippen LogP contribution in [0.25, 0.3) is 0 Å². The highest BCUT2D eigenvalue weighted by molar-refractivity contribution is 7.92. The van der Waals surface area contributed by atoms with Gasteiger partial charge in [-0.15, -0.1) is 11.3 Å². The molecule has 0 saturated carbocycles. The first-order valence-corrected chi connectivity index (χ1v) is 10.5. The molecular formula is C18H18N2O3S2. The summed E-state index contributed by atoms with van der Waals surface area (Å²) in [7, 11) is -3.70. The number of carbonyl (C=O) groups is 1. The van der Waals surface area contributed by atoms with Crippen molar-refractivity contribution in [1.82, 2.24) is 0 Å². The van der Waals surface area contributed by atoms with E-state index in [2.05, 4.69) is 18.3 Å². The van der Waals surface area contributed by atoms with Crippen molar-refractivity contribution in [2.75, 3.05) is 11.1 Å². The van der Waals surface area contributed by atoms with Crippen LogP contribution in [-0.2, 0) is 27.5 Å². The van der Waals surface area contributed by atoms with Gasteiger partial charge in [0.05, 0.1) is 10.5 Å². The summed E-state index contributed by atoms with van der Waals surface area (Å²) in [6, 6.07) is 10.1. The summed E-state index contributed by atoms with van der Waals surface area (Å²) in [5.74, 6) is -0.701. The maximum atomic E-state index is 12.3. The maximum absolute atomic E-state index is 12.3. The first-order chi connectivity index (χ1) is 11.9. The fraction of sp³-hybridized carbons (Fsp3) is 0.333. The van der Waals surface area contributed by atoms with Crippen LogP contribution in [0.5, 0.6) is 0 Å². The van der Waals surface area contributed by atoms with Gasteiger partial charge in [0.25, 0.3) is 0 Å². The molecule has 1 aliphatic rings. The molecule has 0 radical (unpaired) electrons. The first kappa shape index (κ1) is 17.6. The van der Waals surface area contributed by atoms with Gasteiger partial charge < -0.3 is 5.32 Å². The van der Waals surface area contributed by atoms with E-state index in [9.17, 15) is 18.5 Å². The minimum atomic E-state index is -3.70. The Kier molecular flexibility index (Phi) is 4.93. The van der Waals surface area contributed by atoms with Crippen LogP contribution in [0.15, 0.2) is 35.2 Å². The molecular weight excluding hydrogens is 356 g/mol. The number of benzene rings is 1. The second-order valence-corrected chi connectivity index (χ2v) is 9.38. The van der Waals surface area contributed by atoms with E-state index in [1.807, 2.05) is 0 Å². The Morgan fingerprint density at radius 2 is 2.08 bits per heavy atom. The number of hydrogen-bond donors (Lipinski definition) is 1. The molecule has 0 bridgehead atoms. The van der Waals surface area contributed by atoms with Crippen LogP contribution in [0.2, 0.25) is 0 Å². The number of thiophene rings is 1. The van der Waals surface area contributed by atoms with E-state index >= 15 is 0 Å². The topological polar surface area (TPSA) is 87.0 Å². The van der Waals surface area contributed by atoms with Crippen molar-refractivity contribution in [1.29, 1.82) is 5.26 Å². The summed E-state index contributed by atoms with van der Waals surface area (Å²) in [5, 5.41) is 12.5. The van der Waals surface area contributed by atoms with Gasteiger partial charge in [-0.25, -0.2) is 8.42 Å². The molecule has 5 nitrogen and oxygen atoms in total. The first-order valence-electron chi connectivity index (χ1n) is 8.03. The molecule has 0 saturated heterocycles. The van der Waals surface area contributed by atoms with Crippen molar-refractivity contribution in [2.24, 2.45) is 5.92 Å². The Labute approximate surface area is 151 Å². The third kappa shape index (κ3) is 3.75. The second-order valence-electron chi connectivity index (χ2n) is 6.29. The van der Waals surface area contributed by atoms with E-state index in [1.165, 1.54) is 23.5 Å². The lowest BCUT2D eigenvalue weighted by molar-refractivity contribution is -0.113. The average Bonchev–Trinajstić information content (AvgIpc) is 2.90. The minimum absolute atomic E-state index is 0.116. The molecule has 130 valence electrons. The standard InChI is InChI=1S/C18H18N2O3S2/c1-12-7-8-14-15(10-19)18(24-16(14)9-12)20-17(21)11-25(22,23)13-5-3-2-4-6-13/h2-6,12H,7-9,11H2,1H3,(H,20,21)/t12-/m0/s1. The second kappa shape index (κ2) is 6.98. The van der Waals surface area contributed by atoms with Gasteiger partial charge in [0.1, 0.15) is 16.8 Å². The number of sulfone groups is 1. The fourth-order valence-corrected chi connectivity index (χ4v) is 5.54. The zero-order chi connectivity index (χ0) is 18.0. The lowest BCUT2D eigenvalue weighted by atomic mass is 9.89. The van der Waals surface area contributed by atoms with Crippen LogP contribution in [-0.4, -0.2) is 20.1 Å². The van der Waals surface area contributed by atoms with Crippen LogP contribution >= 0.6 is 11.3 Å². The Morgan fingerprint density at radius 1 is 1.36 bits per heavy atom. The van der Waals surface area contributed by atoms with Gasteiger partial charge >= 0.3 is 0 Å². The zero-order valence-corrected chi connectivity index (χ0v) is 15.4. The maximum Gasteiger partial charge on any atom is 0.240 e. The molecule has 1 aliphatic carbocycles. The molecule has 1 aromatic heterocycles. The molecule has 3 rings (SSSR count). The molecule has 1 N–H and O–H groups in total. The molecule has 0 aliphatic heterocycles. The number of hydrogen-bond acceptors (Lipinski definition) is 5. The average molecular weight is 374 g/mol. The monoisotopic (exact) mass is 374 g/mol. The van der Waals surface area contributed by atoms with E-state index in [-0.39, 0.29) is 4.90 Å². The van der Waals surface area contributed by atoms with E-state index in [4.69, 9.17) is 0 Å². The highest BCUT2D eigenvalue weighted by atomic mass is 32.2. The Morgan fingerprint density at radius 3 is 2.76 bits per heavy atom. The molecule has 0 fully saturated rings. The fourth-order valence-electron chi connectivity index (χ4n) is 3.00. The van der Waals surface area contributed by atoms with Crippen molar-refractivity contribution in [3.8, 4) is 6.07 Å². The minimum Gasteiger partial charge on any atom is -0.316 e. The molecule has 7 heteroatoms. The molecule has 1 atom stereocenters. The summed E-state index contributed by atoms with van der Waals surface area (Å²) < 4.78 is 24.6. The number of nitrogens with one attached hydrogen (secondary N) is 1. The quantitative estimate of drug-likeness (QED) is 0.890. The van der Waals surface area contributed by atoms with Crippen LogP contribution in [0.1, 0.15) is 29.3 Å². The summed E-state index contributed by atoms with van der Waals surface area (Å²) in [5.41, 5.74) is 1.49. The summed E-state index contributed by atoms with van der Waals surface area (Å²) in [4.78, 5) is 13.5. The summed E-state index contributed by atoms with van der Waals surface area (Å²) in [6.45, 7) is 2.17. The van der Waals surface area contributed by atoms with Crippen molar-refractivity contribution >= 4 is 32.1 Å². The molecule has 1 aromatic carbocycles. The molecule has 1 heterocycles. The number of rotatable bonds is 4. The van der Waals surface area contributed by atoms with E-state index in [0.717, 1.165) is 29.7 Å². The largest absolute Gasteiger partial charge is 0.316 e. The number of fused-ring (bicyclic) bond motifs is 1. The molecule has 1 amide bonds. The SMILES string of the molecule is C[C@H]1CCc2c(sc(NC(=O)CS(=O)(=O)c3ccccc3)c2C#N)C1. The molecule has 0 spiro atoms. The van der Waals surface area contributed by atoms with Gasteiger partial charge in [0, 0.05) is 4.88 Å². The third-order valence-corrected chi connectivity index (χ3v) is 7.10. The van der Waals surface area contributed by atoms with Gasteiger partial charge in [-0.05, 0) is 42.9 Å². The molecule has 2 aromatic rings. The third-order valence-electron chi connectivity index (χ3n) is 4.30. The predicted octanol–water partition coefficient (Wildman–Crippen LogP) is 3.16. The van der Waals surface area contributed by atoms with Crippen LogP contribution < -0.4 is 5.32 Å². The Balaban J connectivity index is 1.79. The van der Waals surface area contributed by atoms with Crippen LogP contribution in [0.4, 0.5) is 5.00 Å². The lowest BCUT2D eigenvalue weighted by Gasteiger charge is -2.17. The van der Waals surface area contributed by atoms with Crippen LogP contribution in [0, 0.1) is 17.2 Å². The van der Waals surface area contributed by atoms with Crippen molar-refractivity contribution in [3.05, 3.63) is 46.3 Å². The number of carbonyl (C=O) groups excluding carboxylic acids is 1. The normalized spacial score (nSPS) is 16.7. The smallest absolute Gasteiger partial charge is 0.240 e. The van der Waals surface area contributed by atoms with Crippen molar-refractivity contribution in [2.45, 2.75) is 31.1 Å². The van der Waals surface area contributed by atoms with E-state index < -0.39 is 21.5 Å². The highest BCUT2D eigenvalue weighted by Gasteiger charge is 2.26.